The number of aromatic nitrogens is 1. The fourth-order valence-corrected chi connectivity index (χ4v) is 2.49. The summed E-state index contributed by atoms with van der Waals surface area (Å²) in [5.41, 5.74) is 9.25. The second kappa shape index (κ2) is 3.61. The molecule has 1 heterocycles. The number of rotatable bonds is 4. The maximum Gasteiger partial charge on any atom is 0.0798 e. The fourth-order valence-electron chi connectivity index (χ4n) is 1.64. The largest absolute Gasteiger partial charge is 0.324 e. The van der Waals surface area contributed by atoms with Crippen LogP contribution < -0.4 is 5.73 Å². The number of hydrogen-bond acceptors (Lipinski definition) is 4. The maximum absolute atomic E-state index is 6.06. The first-order chi connectivity index (χ1) is 6.59. The van der Waals surface area contributed by atoms with Crippen molar-refractivity contribution >= 4 is 11.3 Å². The van der Waals surface area contributed by atoms with Gasteiger partial charge in [0.2, 0.25) is 0 Å². The summed E-state index contributed by atoms with van der Waals surface area (Å²) >= 11 is 1.73. The fraction of sp³-hybridized carbons (Fsp3) is 0.700. The topological polar surface area (TPSA) is 42.2 Å². The normalized spacial score (nSPS) is 18.9. The molecule has 2 rings (SSSR count). The van der Waals surface area contributed by atoms with Crippen LogP contribution in [-0.4, -0.2) is 29.0 Å². The molecule has 1 aromatic rings. The Hall–Kier alpha value is -0.450. The van der Waals surface area contributed by atoms with Gasteiger partial charge in [-0.25, -0.2) is 4.98 Å². The zero-order valence-corrected chi connectivity index (χ0v) is 9.60. The van der Waals surface area contributed by atoms with Crippen LogP contribution in [0.15, 0.2) is 5.51 Å². The second-order valence-electron chi connectivity index (χ2n) is 4.40. The van der Waals surface area contributed by atoms with E-state index >= 15 is 0 Å². The van der Waals surface area contributed by atoms with E-state index in [0.717, 1.165) is 18.8 Å². The third-order valence-electron chi connectivity index (χ3n) is 2.74. The molecule has 0 aliphatic heterocycles. The van der Waals surface area contributed by atoms with Crippen LogP contribution in [0.5, 0.6) is 0 Å². The van der Waals surface area contributed by atoms with Gasteiger partial charge >= 0.3 is 0 Å². The van der Waals surface area contributed by atoms with E-state index in [4.69, 9.17) is 5.73 Å². The van der Waals surface area contributed by atoms with Gasteiger partial charge in [0.25, 0.3) is 0 Å². The van der Waals surface area contributed by atoms with Crippen LogP contribution in [-0.2, 0) is 6.54 Å². The monoisotopic (exact) mass is 211 g/mol. The Kier molecular flexibility index (Phi) is 2.60. The quantitative estimate of drug-likeness (QED) is 0.818. The van der Waals surface area contributed by atoms with Gasteiger partial charge in [-0.3, -0.25) is 4.90 Å². The SMILES string of the molecule is Cc1ncsc1CN(C)CC1(N)CC1. The molecule has 0 atom stereocenters. The third kappa shape index (κ3) is 2.32. The summed E-state index contributed by atoms with van der Waals surface area (Å²) in [6.45, 7) is 4.05. The van der Waals surface area contributed by atoms with Crippen LogP contribution in [0.2, 0.25) is 0 Å². The van der Waals surface area contributed by atoms with Crippen molar-refractivity contribution < 1.29 is 0 Å². The summed E-state index contributed by atoms with van der Waals surface area (Å²) < 4.78 is 0. The number of hydrogen-bond donors (Lipinski definition) is 1. The van der Waals surface area contributed by atoms with Gasteiger partial charge in [-0.15, -0.1) is 11.3 Å². The molecule has 3 nitrogen and oxygen atoms in total. The molecule has 0 spiro atoms. The molecule has 0 radical (unpaired) electrons. The van der Waals surface area contributed by atoms with Gasteiger partial charge in [0.05, 0.1) is 11.2 Å². The first kappa shape index (κ1) is 10.1. The predicted octanol–water partition coefficient (Wildman–Crippen LogP) is 1.37. The lowest BCUT2D eigenvalue weighted by atomic mass is 10.2. The summed E-state index contributed by atoms with van der Waals surface area (Å²) in [5, 5.41) is 0. The number of nitrogens with two attached hydrogens (primary N) is 1. The van der Waals surface area contributed by atoms with E-state index < -0.39 is 0 Å². The van der Waals surface area contributed by atoms with Crippen LogP contribution >= 0.6 is 11.3 Å². The molecule has 0 aromatic carbocycles. The van der Waals surface area contributed by atoms with Gasteiger partial charge in [-0.1, -0.05) is 0 Å². The van der Waals surface area contributed by atoms with Crippen molar-refractivity contribution in [1.82, 2.24) is 9.88 Å². The van der Waals surface area contributed by atoms with E-state index in [-0.39, 0.29) is 5.54 Å². The van der Waals surface area contributed by atoms with Crippen LogP contribution in [0.4, 0.5) is 0 Å². The van der Waals surface area contributed by atoms with E-state index in [0.29, 0.717) is 0 Å². The zero-order chi connectivity index (χ0) is 10.2. The standard InChI is InChI=1S/C10H17N3S/c1-8-9(14-7-12-8)5-13(2)6-10(11)3-4-10/h7H,3-6,11H2,1-2H3. The van der Waals surface area contributed by atoms with Crippen molar-refractivity contribution in [3.8, 4) is 0 Å². The highest BCUT2D eigenvalue weighted by Crippen LogP contribution is 2.33. The molecule has 1 fully saturated rings. The van der Waals surface area contributed by atoms with Crippen LogP contribution in [0, 0.1) is 6.92 Å². The summed E-state index contributed by atoms with van der Waals surface area (Å²) in [5.74, 6) is 0. The summed E-state index contributed by atoms with van der Waals surface area (Å²) in [6.07, 6.45) is 2.36. The number of aryl methyl sites for hydroxylation is 1. The van der Waals surface area contributed by atoms with Gasteiger partial charge < -0.3 is 5.73 Å². The molecule has 0 bridgehead atoms. The summed E-state index contributed by atoms with van der Waals surface area (Å²) in [6, 6.07) is 0. The van der Waals surface area contributed by atoms with Crippen LogP contribution in [0.25, 0.3) is 0 Å². The minimum atomic E-state index is 0.118. The molecule has 0 unspecified atom stereocenters. The van der Waals surface area contributed by atoms with E-state index in [2.05, 4.69) is 23.9 Å². The first-order valence-electron chi connectivity index (χ1n) is 4.95. The van der Waals surface area contributed by atoms with Crippen molar-refractivity contribution in [3.63, 3.8) is 0 Å². The Morgan fingerprint density at radius 3 is 2.86 bits per heavy atom. The summed E-state index contributed by atoms with van der Waals surface area (Å²) in [7, 11) is 2.13. The van der Waals surface area contributed by atoms with Crippen molar-refractivity contribution in [1.29, 1.82) is 0 Å². The number of thiazole rings is 1. The van der Waals surface area contributed by atoms with Gasteiger partial charge in [0.1, 0.15) is 0 Å². The Morgan fingerprint density at radius 1 is 1.64 bits per heavy atom. The Morgan fingerprint density at radius 2 is 2.36 bits per heavy atom. The molecule has 2 N–H and O–H groups in total. The van der Waals surface area contributed by atoms with Crippen molar-refractivity contribution in [2.75, 3.05) is 13.6 Å². The average molecular weight is 211 g/mol. The number of nitrogens with zero attached hydrogens (tertiary/aromatic N) is 2. The number of likely N-dealkylation sites (N-methyl/N-ethyl adjacent to an activating group) is 1. The molecule has 0 saturated heterocycles. The molecule has 1 aliphatic carbocycles. The minimum absolute atomic E-state index is 0.118. The molecular weight excluding hydrogens is 194 g/mol. The molecule has 78 valence electrons. The van der Waals surface area contributed by atoms with Crippen molar-refractivity contribution in [2.45, 2.75) is 31.8 Å². The lowest BCUT2D eigenvalue weighted by Crippen LogP contribution is -2.36. The Bertz CT molecular complexity index is 317. The zero-order valence-electron chi connectivity index (χ0n) is 8.79. The van der Waals surface area contributed by atoms with Crippen LogP contribution in [0.1, 0.15) is 23.4 Å². The van der Waals surface area contributed by atoms with Gasteiger partial charge in [-0.2, -0.15) is 0 Å². The molecule has 4 heteroatoms. The first-order valence-corrected chi connectivity index (χ1v) is 5.83. The highest BCUT2D eigenvalue weighted by Gasteiger charge is 2.38. The molecule has 0 amide bonds. The van der Waals surface area contributed by atoms with Gasteiger partial charge in [0, 0.05) is 23.5 Å². The van der Waals surface area contributed by atoms with Gasteiger partial charge in [-0.05, 0) is 26.8 Å². The summed E-state index contributed by atoms with van der Waals surface area (Å²) in [4.78, 5) is 7.90. The van der Waals surface area contributed by atoms with Gasteiger partial charge in [0.15, 0.2) is 0 Å². The lowest BCUT2D eigenvalue weighted by Gasteiger charge is -2.19. The highest BCUT2D eigenvalue weighted by molar-refractivity contribution is 7.09. The smallest absolute Gasteiger partial charge is 0.0798 e. The molecule has 1 aromatic heterocycles. The van der Waals surface area contributed by atoms with E-state index in [9.17, 15) is 0 Å². The Labute approximate surface area is 88.9 Å². The predicted molar refractivity (Wildman–Crippen MR) is 59.3 cm³/mol. The Balaban J connectivity index is 1.88. The van der Waals surface area contributed by atoms with Crippen molar-refractivity contribution in [3.05, 3.63) is 16.1 Å². The minimum Gasteiger partial charge on any atom is -0.324 e. The molecule has 1 saturated carbocycles. The third-order valence-corrected chi connectivity index (χ3v) is 3.66. The molecule has 14 heavy (non-hydrogen) atoms. The highest BCUT2D eigenvalue weighted by atomic mass is 32.1. The maximum atomic E-state index is 6.06. The van der Waals surface area contributed by atoms with E-state index in [1.165, 1.54) is 17.7 Å². The molecular formula is C10H17N3S. The second-order valence-corrected chi connectivity index (χ2v) is 5.33. The van der Waals surface area contributed by atoms with E-state index in [1.807, 2.05) is 5.51 Å². The lowest BCUT2D eigenvalue weighted by molar-refractivity contribution is 0.297. The van der Waals surface area contributed by atoms with Crippen molar-refractivity contribution in [2.24, 2.45) is 5.73 Å². The van der Waals surface area contributed by atoms with Crippen LogP contribution in [0.3, 0.4) is 0 Å². The average Bonchev–Trinajstić information content (AvgIpc) is 2.67. The van der Waals surface area contributed by atoms with E-state index in [1.54, 1.807) is 11.3 Å². The molecule has 1 aliphatic rings.